The third-order valence-electron chi connectivity index (χ3n) is 3.05. The lowest BCUT2D eigenvalue weighted by Gasteiger charge is -2.09. The summed E-state index contributed by atoms with van der Waals surface area (Å²) < 4.78 is 5.65. The molecule has 2 aromatic carbocycles. The van der Waals surface area contributed by atoms with Gasteiger partial charge in [0.2, 0.25) is 5.91 Å². The number of carboxylic acids is 1. The van der Waals surface area contributed by atoms with Crippen LogP contribution in [0.25, 0.3) is 0 Å². The standard InChI is InChI=1S/C17H15Cl2NO4/c18-11-4-9-15(14(19)10-11)24-13-7-5-12(6-8-13)20-16(21)2-1-3-17(22)23/h4-10H,1-3H2,(H,20,21)(H,22,23). The fourth-order valence-corrected chi connectivity index (χ4v) is 2.36. The predicted molar refractivity (Wildman–Crippen MR) is 93.1 cm³/mol. The lowest BCUT2D eigenvalue weighted by Crippen LogP contribution is -2.11. The second kappa shape index (κ2) is 8.57. The normalized spacial score (nSPS) is 10.2. The molecule has 0 aliphatic rings. The maximum Gasteiger partial charge on any atom is 0.303 e. The van der Waals surface area contributed by atoms with Gasteiger partial charge in [0.1, 0.15) is 11.5 Å². The van der Waals surface area contributed by atoms with Gasteiger partial charge in [-0.1, -0.05) is 23.2 Å². The quantitative estimate of drug-likeness (QED) is 0.723. The largest absolute Gasteiger partial charge is 0.481 e. The Kier molecular flexibility index (Phi) is 6.46. The van der Waals surface area contributed by atoms with E-state index in [1.165, 1.54) is 0 Å². The van der Waals surface area contributed by atoms with Crippen LogP contribution in [-0.2, 0) is 9.59 Å². The summed E-state index contributed by atoms with van der Waals surface area (Å²) in [7, 11) is 0. The highest BCUT2D eigenvalue weighted by atomic mass is 35.5. The van der Waals surface area contributed by atoms with Gasteiger partial charge in [-0.3, -0.25) is 9.59 Å². The molecule has 0 saturated heterocycles. The van der Waals surface area contributed by atoms with Gasteiger partial charge in [0, 0.05) is 23.6 Å². The van der Waals surface area contributed by atoms with Crippen molar-refractivity contribution in [1.82, 2.24) is 0 Å². The molecule has 1 amide bonds. The fourth-order valence-electron chi connectivity index (χ4n) is 1.91. The summed E-state index contributed by atoms with van der Waals surface area (Å²) in [5, 5.41) is 12.2. The molecule has 0 aliphatic heterocycles. The van der Waals surface area contributed by atoms with Crippen molar-refractivity contribution in [1.29, 1.82) is 0 Å². The van der Waals surface area contributed by atoms with Crippen molar-refractivity contribution < 1.29 is 19.4 Å². The molecular weight excluding hydrogens is 353 g/mol. The van der Waals surface area contributed by atoms with E-state index in [1.807, 2.05) is 0 Å². The summed E-state index contributed by atoms with van der Waals surface area (Å²) in [4.78, 5) is 22.1. The highest BCUT2D eigenvalue weighted by Gasteiger charge is 2.06. The molecule has 0 saturated carbocycles. The smallest absolute Gasteiger partial charge is 0.303 e. The Morgan fingerprint density at radius 2 is 1.75 bits per heavy atom. The number of carboxylic acid groups (broad SMARTS) is 1. The third kappa shape index (κ3) is 5.76. The van der Waals surface area contributed by atoms with Crippen molar-refractivity contribution in [3.63, 3.8) is 0 Å². The van der Waals surface area contributed by atoms with Crippen LogP contribution in [0.2, 0.25) is 10.0 Å². The zero-order valence-electron chi connectivity index (χ0n) is 12.6. The summed E-state index contributed by atoms with van der Waals surface area (Å²) >= 11 is 11.9. The predicted octanol–water partition coefficient (Wildman–Crippen LogP) is 4.98. The van der Waals surface area contributed by atoms with Crippen molar-refractivity contribution >= 4 is 40.8 Å². The van der Waals surface area contributed by atoms with E-state index in [0.717, 1.165) is 0 Å². The van der Waals surface area contributed by atoms with Gasteiger partial charge in [0.25, 0.3) is 0 Å². The van der Waals surface area contributed by atoms with Gasteiger partial charge in [0.15, 0.2) is 0 Å². The number of carbonyl (C=O) groups excluding carboxylic acids is 1. The molecule has 0 spiro atoms. The van der Waals surface area contributed by atoms with Gasteiger partial charge in [0.05, 0.1) is 5.02 Å². The topological polar surface area (TPSA) is 75.6 Å². The molecule has 0 fully saturated rings. The van der Waals surface area contributed by atoms with E-state index in [-0.39, 0.29) is 18.7 Å². The first-order valence-corrected chi connectivity index (χ1v) is 7.94. The van der Waals surface area contributed by atoms with Crippen LogP contribution < -0.4 is 10.1 Å². The zero-order chi connectivity index (χ0) is 17.5. The number of aliphatic carboxylic acids is 1. The van der Waals surface area contributed by atoms with Crippen LogP contribution in [0, 0.1) is 0 Å². The van der Waals surface area contributed by atoms with Gasteiger partial charge in [-0.2, -0.15) is 0 Å². The zero-order valence-corrected chi connectivity index (χ0v) is 14.1. The molecule has 2 rings (SSSR count). The number of ether oxygens (including phenoxy) is 1. The summed E-state index contributed by atoms with van der Waals surface area (Å²) in [6.45, 7) is 0. The van der Waals surface area contributed by atoms with E-state index in [0.29, 0.717) is 33.7 Å². The number of rotatable bonds is 7. The second-order valence-corrected chi connectivity index (χ2v) is 5.84. The summed E-state index contributed by atoms with van der Waals surface area (Å²) in [6.07, 6.45) is 0.435. The molecule has 0 unspecified atom stereocenters. The van der Waals surface area contributed by atoms with Crippen molar-refractivity contribution in [2.75, 3.05) is 5.32 Å². The summed E-state index contributed by atoms with van der Waals surface area (Å²) in [5.41, 5.74) is 0.602. The number of halogens is 2. The summed E-state index contributed by atoms with van der Waals surface area (Å²) in [6, 6.07) is 11.7. The van der Waals surface area contributed by atoms with E-state index < -0.39 is 5.97 Å². The van der Waals surface area contributed by atoms with Crippen LogP contribution in [0.1, 0.15) is 19.3 Å². The molecule has 0 heterocycles. The first kappa shape index (κ1) is 18.1. The number of nitrogens with one attached hydrogen (secondary N) is 1. The molecule has 0 atom stereocenters. The Balaban J connectivity index is 1.90. The van der Waals surface area contributed by atoms with Gasteiger partial charge in [-0.15, -0.1) is 0 Å². The molecular formula is C17H15Cl2NO4. The Morgan fingerprint density at radius 3 is 2.38 bits per heavy atom. The van der Waals surface area contributed by atoms with Crippen LogP contribution in [0.3, 0.4) is 0 Å². The van der Waals surface area contributed by atoms with Gasteiger partial charge in [-0.25, -0.2) is 0 Å². The van der Waals surface area contributed by atoms with Crippen LogP contribution in [0.5, 0.6) is 11.5 Å². The average molecular weight is 368 g/mol. The third-order valence-corrected chi connectivity index (χ3v) is 3.58. The number of benzene rings is 2. The minimum atomic E-state index is -0.912. The molecule has 0 aliphatic carbocycles. The van der Waals surface area contributed by atoms with E-state index in [2.05, 4.69) is 5.32 Å². The number of anilines is 1. The van der Waals surface area contributed by atoms with E-state index in [4.69, 9.17) is 33.0 Å². The van der Waals surface area contributed by atoms with Crippen LogP contribution >= 0.6 is 23.2 Å². The average Bonchev–Trinajstić information content (AvgIpc) is 2.51. The number of carbonyl (C=O) groups is 2. The Labute approximate surface area is 149 Å². The van der Waals surface area contributed by atoms with Crippen molar-refractivity contribution in [2.45, 2.75) is 19.3 Å². The Bertz CT molecular complexity index is 732. The Hall–Kier alpha value is -2.24. The number of amides is 1. The monoisotopic (exact) mass is 367 g/mol. The minimum Gasteiger partial charge on any atom is -0.481 e. The highest BCUT2D eigenvalue weighted by molar-refractivity contribution is 6.35. The molecule has 126 valence electrons. The number of hydrogen-bond acceptors (Lipinski definition) is 3. The molecule has 2 N–H and O–H groups in total. The molecule has 0 aromatic heterocycles. The van der Waals surface area contributed by atoms with Crippen LogP contribution in [0.4, 0.5) is 5.69 Å². The van der Waals surface area contributed by atoms with E-state index >= 15 is 0 Å². The van der Waals surface area contributed by atoms with Crippen molar-refractivity contribution in [3.05, 3.63) is 52.5 Å². The molecule has 5 nitrogen and oxygen atoms in total. The van der Waals surface area contributed by atoms with Crippen LogP contribution in [0.15, 0.2) is 42.5 Å². The van der Waals surface area contributed by atoms with Gasteiger partial charge in [-0.05, 0) is 48.9 Å². The lowest BCUT2D eigenvalue weighted by molar-refractivity contribution is -0.137. The number of hydrogen-bond donors (Lipinski definition) is 2. The minimum absolute atomic E-state index is 0.0257. The van der Waals surface area contributed by atoms with Crippen molar-refractivity contribution in [2.24, 2.45) is 0 Å². The van der Waals surface area contributed by atoms with E-state index in [9.17, 15) is 9.59 Å². The fraction of sp³-hybridized carbons (Fsp3) is 0.176. The van der Waals surface area contributed by atoms with Crippen LogP contribution in [-0.4, -0.2) is 17.0 Å². The van der Waals surface area contributed by atoms with Gasteiger partial charge < -0.3 is 15.2 Å². The molecule has 0 radical (unpaired) electrons. The van der Waals surface area contributed by atoms with E-state index in [1.54, 1.807) is 42.5 Å². The summed E-state index contributed by atoms with van der Waals surface area (Å²) in [5.74, 6) is -0.106. The van der Waals surface area contributed by atoms with Crippen molar-refractivity contribution in [3.8, 4) is 11.5 Å². The lowest BCUT2D eigenvalue weighted by atomic mass is 10.2. The molecule has 7 heteroatoms. The maximum atomic E-state index is 11.7. The van der Waals surface area contributed by atoms with Gasteiger partial charge >= 0.3 is 5.97 Å². The SMILES string of the molecule is O=C(O)CCCC(=O)Nc1ccc(Oc2ccc(Cl)cc2Cl)cc1. The second-order valence-electron chi connectivity index (χ2n) is 5.00. The molecule has 24 heavy (non-hydrogen) atoms. The highest BCUT2D eigenvalue weighted by Crippen LogP contribution is 2.31. The Morgan fingerprint density at radius 1 is 1.04 bits per heavy atom. The maximum absolute atomic E-state index is 11.7. The first-order chi connectivity index (χ1) is 11.4. The molecule has 0 bridgehead atoms. The molecule has 2 aromatic rings. The first-order valence-electron chi connectivity index (χ1n) is 7.18.